The van der Waals surface area contributed by atoms with Crippen molar-refractivity contribution in [2.24, 2.45) is 23.7 Å². The highest BCUT2D eigenvalue weighted by molar-refractivity contribution is 4.81. The molecule has 1 heteroatoms. The molecule has 0 radical (unpaired) electrons. The minimum atomic E-state index is 0.820. The maximum absolute atomic E-state index is 3.88. The third-order valence-corrected chi connectivity index (χ3v) is 5.84. The quantitative estimate of drug-likeness (QED) is 0.769. The molecule has 0 saturated heterocycles. The van der Waals surface area contributed by atoms with Gasteiger partial charge < -0.3 is 5.32 Å². The van der Waals surface area contributed by atoms with Gasteiger partial charge in [-0.15, -0.1) is 0 Å². The number of rotatable bonds is 4. The van der Waals surface area contributed by atoms with Crippen molar-refractivity contribution in [2.75, 3.05) is 6.54 Å². The molecule has 0 amide bonds. The molecule has 1 nitrogen and oxygen atoms in total. The summed E-state index contributed by atoms with van der Waals surface area (Å²) in [5, 5.41) is 3.88. The Bertz CT molecular complexity index is 230. The van der Waals surface area contributed by atoms with Crippen LogP contribution in [0, 0.1) is 23.7 Å². The molecule has 2 saturated carbocycles. The van der Waals surface area contributed by atoms with E-state index in [1.54, 1.807) is 0 Å². The summed E-state index contributed by atoms with van der Waals surface area (Å²) in [5.74, 6) is 3.88. The summed E-state index contributed by atoms with van der Waals surface area (Å²) in [4.78, 5) is 0. The van der Waals surface area contributed by atoms with Crippen molar-refractivity contribution in [1.29, 1.82) is 0 Å². The molecule has 2 aliphatic rings. The number of hydrogen-bond donors (Lipinski definition) is 1. The summed E-state index contributed by atoms with van der Waals surface area (Å²) in [6, 6.07) is 0.820. The van der Waals surface area contributed by atoms with Gasteiger partial charge >= 0.3 is 0 Å². The molecule has 2 fully saturated rings. The summed E-state index contributed by atoms with van der Waals surface area (Å²) >= 11 is 0. The third-order valence-electron chi connectivity index (χ3n) is 5.84. The Labute approximate surface area is 114 Å². The van der Waals surface area contributed by atoms with E-state index in [0.29, 0.717) is 0 Å². The zero-order valence-electron chi connectivity index (χ0n) is 12.8. The van der Waals surface area contributed by atoms with Crippen LogP contribution >= 0.6 is 0 Å². The lowest BCUT2D eigenvalue weighted by Crippen LogP contribution is -2.39. The molecule has 0 bridgehead atoms. The molecule has 0 aromatic carbocycles. The normalized spacial score (nSPS) is 41.8. The van der Waals surface area contributed by atoms with Gasteiger partial charge in [-0.1, -0.05) is 40.0 Å². The van der Waals surface area contributed by atoms with Crippen LogP contribution in [0.25, 0.3) is 0 Å². The molecule has 0 aromatic heterocycles. The first-order valence-corrected chi connectivity index (χ1v) is 8.42. The van der Waals surface area contributed by atoms with E-state index in [0.717, 1.165) is 29.7 Å². The molecule has 0 heterocycles. The number of nitrogens with one attached hydrogen (secondary N) is 1. The van der Waals surface area contributed by atoms with Crippen LogP contribution in [0.3, 0.4) is 0 Å². The van der Waals surface area contributed by atoms with Gasteiger partial charge in [-0.2, -0.15) is 0 Å². The zero-order valence-corrected chi connectivity index (χ0v) is 12.8. The fraction of sp³-hybridized carbons (Fsp3) is 1.00. The first kappa shape index (κ1) is 14.4. The Kier molecular flexibility index (Phi) is 5.54. The van der Waals surface area contributed by atoms with E-state index in [-0.39, 0.29) is 0 Å². The maximum atomic E-state index is 3.88. The van der Waals surface area contributed by atoms with Crippen molar-refractivity contribution in [3.05, 3.63) is 0 Å². The van der Waals surface area contributed by atoms with Crippen LogP contribution in [0.1, 0.15) is 72.1 Å². The molecule has 0 aliphatic heterocycles. The Morgan fingerprint density at radius 3 is 2.11 bits per heavy atom. The van der Waals surface area contributed by atoms with Gasteiger partial charge in [0.2, 0.25) is 0 Å². The molecular formula is C17H33N. The minimum Gasteiger partial charge on any atom is -0.314 e. The molecule has 3 unspecified atom stereocenters. The fourth-order valence-corrected chi connectivity index (χ4v) is 3.91. The second kappa shape index (κ2) is 6.93. The van der Waals surface area contributed by atoms with E-state index in [1.165, 1.54) is 57.9 Å². The Hall–Kier alpha value is -0.0400. The van der Waals surface area contributed by atoms with E-state index in [1.807, 2.05) is 0 Å². The van der Waals surface area contributed by atoms with Crippen molar-refractivity contribution in [3.63, 3.8) is 0 Å². The molecule has 106 valence electrons. The van der Waals surface area contributed by atoms with Crippen LogP contribution in [0.2, 0.25) is 0 Å². The molecule has 1 N–H and O–H groups in total. The molecule has 18 heavy (non-hydrogen) atoms. The van der Waals surface area contributed by atoms with Crippen LogP contribution in [0.4, 0.5) is 0 Å². The second-order valence-corrected chi connectivity index (χ2v) is 7.17. The van der Waals surface area contributed by atoms with E-state index >= 15 is 0 Å². The van der Waals surface area contributed by atoms with Crippen LogP contribution in [0.5, 0.6) is 0 Å². The lowest BCUT2D eigenvalue weighted by Gasteiger charge is -2.34. The van der Waals surface area contributed by atoms with Crippen LogP contribution in [-0.2, 0) is 0 Å². The second-order valence-electron chi connectivity index (χ2n) is 7.17. The van der Waals surface area contributed by atoms with Gasteiger partial charge in [0.25, 0.3) is 0 Å². The van der Waals surface area contributed by atoms with Crippen molar-refractivity contribution < 1.29 is 0 Å². The lowest BCUT2D eigenvalue weighted by molar-refractivity contribution is 0.205. The Balaban J connectivity index is 1.63. The van der Waals surface area contributed by atoms with Crippen LogP contribution in [0.15, 0.2) is 0 Å². The molecule has 3 atom stereocenters. The highest BCUT2D eigenvalue weighted by Gasteiger charge is 2.25. The molecular weight excluding hydrogens is 218 g/mol. The summed E-state index contributed by atoms with van der Waals surface area (Å²) in [6.07, 6.45) is 11.6. The monoisotopic (exact) mass is 251 g/mol. The summed E-state index contributed by atoms with van der Waals surface area (Å²) < 4.78 is 0. The highest BCUT2D eigenvalue weighted by Crippen LogP contribution is 2.32. The van der Waals surface area contributed by atoms with Gasteiger partial charge in [0.05, 0.1) is 0 Å². The average molecular weight is 251 g/mol. The smallest absolute Gasteiger partial charge is 0.00699 e. The van der Waals surface area contributed by atoms with Gasteiger partial charge in [-0.25, -0.2) is 0 Å². The van der Waals surface area contributed by atoms with Gasteiger partial charge in [-0.3, -0.25) is 0 Å². The van der Waals surface area contributed by atoms with Gasteiger partial charge in [0, 0.05) is 6.04 Å². The molecule has 0 aromatic rings. The van der Waals surface area contributed by atoms with Gasteiger partial charge in [0.1, 0.15) is 0 Å². The largest absolute Gasteiger partial charge is 0.314 e. The predicted molar refractivity (Wildman–Crippen MR) is 79.7 cm³/mol. The van der Waals surface area contributed by atoms with Crippen molar-refractivity contribution in [2.45, 2.75) is 78.2 Å². The first-order valence-electron chi connectivity index (χ1n) is 8.42. The summed E-state index contributed by atoms with van der Waals surface area (Å²) in [7, 11) is 0. The maximum Gasteiger partial charge on any atom is 0.00699 e. The van der Waals surface area contributed by atoms with Crippen LogP contribution in [-0.4, -0.2) is 12.6 Å². The SMILES string of the molecule is CCC1CCC(CNC2CCC(C)C(C)C2)CC1. The van der Waals surface area contributed by atoms with E-state index in [2.05, 4.69) is 26.1 Å². The van der Waals surface area contributed by atoms with Crippen molar-refractivity contribution >= 4 is 0 Å². The van der Waals surface area contributed by atoms with E-state index in [4.69, 9.17) is 0 Å². The summed E-state index contributed by atoms with van der Waals surface area (Å²) in [5.41, 5.74) is 0. The summed E-state index contributed by atoms with van der Waals surface area (Å²) in [6.45, 7) is 8.51. The predicted octanol–water partition coefficient (Wildman–Crippen LogP) is 4.62. The average Bonchev–Trinajstić information content (AvgIpc) is 2.41. The van der Waals surface area contributed by atoms with E-state index < -0.39 is 0 Å². The third kappa shape index (κ3) is 3.98. The van der Waals surface area contributed by atoms with Crippen LogP contribution < -0.4 is 5.32 Å². The molecule has 0 spiro atoms. The number of hydrogen-bond acceptors (Lipinski definition) is 1. The highest BCUT2D eigenvalue weighted by atomic mass is 14.9. The standard InChI is InChI=1S/C17H33N/c1-4-15-6-8-16(9-7-15)12-18-17-10-5-13(2)14(3)11-17/h13-18H,4-12H2,1-3H3. The first-order chi connectivity index (χ1) is 8.69. The van der Waals surface area contributed by atoms with Crippen molar-refractivity contribution in [3.8, 4) is 0 Å². The van der Waals surface area contributed by atoms with Gasteiger partial charge in [0.15, 0.2) is 0 Å². The lowest BCUT2D eigenvalue weighted by atomic mass is 9.78. The Morgan fingerprint density at radius 2 is 1.50 bits per heavy atom. The van der Waals surface area contributed by atoms with Gasteiger partial charge in [-0.05, 0) is 62.3 Å². The molecule has 2 aliphatic carbocycles. The molecule has 2 rings (SSSR count). The fourth-order valence-electron chi connectivity index (χ4n) is 3.91. The van der Waals surface area contributed by atoms with Crippen molar-refractivity contribution in [1.82, 2.24) is 5.32 Å². The topological polar surface area (TPSA) is 12.0 Å². The zero-order chi connectivity index (χ0) is 13.0. The minimum absolute atomic E-state index is 0.820. The van der Waals surface area contributed by atoms with E-state index in [9.17, 15) is 0 Å². The Morgan fingerprint density at radius 1 is 0.833 bits per heavy atom.